The summed E-state index contributed by atoms with van der Waals surface area (Å²) < 4.78 is 47.1. The number of aromatic amines is 1. The Morgan fingerprint density at radius 3 is 2.90 bits per heavy atom. The molecule has 3 atom stereocenters. The maximum Gasteiger partial charge on any atom is 0.407 e. The van der Waals surface area contributed by atoms with E-state index in [1.165, 1.54) is 13.1 Å². The zero-order chi connectivity index (χ0) is 21.7. The van der Waals surface area contributed by atoms with Crippen molar-refractivity contribution in [3.63, 3.8) is 0 Å². The number of ether oxygens (including phenoxy) is 1. The molecule has 3 rings (SSSR count). The molecule has 0 radical (unpaired) electrons. The topological polar surface area (TPSA) is 122 Å². The highest BCUT2D eigenvalue weighted by molar-refractivity contribution is 5.91. The first kappa shape index (κ1) is 21.7. The summed E-state index contributed by atoms with van der Waals surface area (Å²) in [6.45, 7) is 1.27. The van der Waals surface area contributed by atoms with Crippen molar-refractivity contribution >= 4 is 17.8 Å². The van der Waals surface area contributed by atoms with Gasteiger partial charge in [0.2, 0.25) is 5.91 Å². The van der Waals surface area contributed by atoms with Gasteiger partial charge in [-0.1, -0.05) is 5.16 Å². The lowest BCUT2D eigenvalue weighted by atomic mass is 10.0. The van der Waals surface area contributed by atoms with Gasteiger partial charge < -0.3 is 19.9 Å². The van der Waals surface area contributed by atoms with Crippen LogP contribution in [0.3, 0.4) is 0 Å². The molecule has 1 aliphatic carbocycles. The second kappa shape index (κ2) is 9.18. The Kier molecular flexibility index (Phi) is 6.63. The van der Waals surface area contributed by atoms with E-state index in [4.69, 9.17) is 9.26 Å². The lowest BCUT2D eigenvalue weighted by Gasteiger charge is -2.18. The highest BCUT2D eigenvalue weighted by atomic mass is 19.4. The molecular weight excluding hydrogens is 407 g/mol. The summed E-state index contributed by atoms with van der Waals surface area (Å²) in [5, 5.41) is 15.3. The third-order valence-corrected chi connectivity index (χ3v) is 4.69. The van der Waals surface area contributed by atoms with E-state index in [1.807, 2.05) is 0 Å². The minimum Gasteiger partial charge on any atom is -0.446 e. The van der Waals surface area contributed by atoms with Crippen LogP contribution < -0.4 is 10.6 Å². The Morgan fingerprint density at radius 1 is 1.40 bits per heavy atom. The molecule has 0 saturated heterocycles. The van der Waals surface area contributed by atoms with E-state index in [0.29, 0.717) is 30.8 Å². The van der Waals surface area contributed by atoms with Gasteiger partial charge in [0.1, 0.15) is 11.9 Å². The minimum atomic E-state index is -4.35. The molecule has 1 fully saturated rings. The summed E-state index contributed by atoms with van der Waals surface area (Å²) >= 11 is 0. The van der Waals surface area contributed by atoms with Crippen molar-refractivity contribution in [3.05, 3.63) is 29.8 Å². The van der Waals surface area contributed by atoms with Gasteiger partial charge in [0.05, 0.1) is 19.0 Å². The number of halogens is 3. The van der Waals surface area contributed by atoms with E-state index in [-0.39, 0.29) is 18.2 Å². The summed E-state index contributed by atoms with van der Waals surface area (Å²) in [5.74, 6) is 0.518. The SMILES string of the molecule is CC(CC(F)(F)F)NC(=O)O[C@@H]1CC[C@H](c2cc(NC(=O)Cc3ccno3)n[nH]2)C1. The van der Waals surface area contributed by atoms with Crippen LogP contribution in [0.1, 0.15) is 50.0 Å². The molecule has 2 amide bonds. The summed E-state index contributed by atoms with van der Waals surface area (Å²) in [6.07, 6.45) is -3.45. The number of nitrogens with one attached hydrogen (secondary N) is 3. The van der Waals surface area contributed by atoms with Crippen LogP contribution in [-0.4, -0.2) is 45.7 Å². The van der Waals surface area contributed by atoms with Gasteiger partial charge in [-0.05, 0) is 26.2 Å². The van der Waals surface area contributed by atoms with E-state index in [9.17, 15) is 22.8 Å². The molecule has 12 heteroatoms. The average molecular weight is 429 g/mol. The molecule has 9 nitrogen and oxygen atoms in total. The van der Waals surface area contributed by atoms with E-state index >= 15 is 0 Å². The summed E-state index contributed by atoms with van der Waals surface area (Å²) in [5.41, 5.74) is 0.780. The number of anilines is 1. The monoisotopic (exact) mass is 429 g/mol. The van der Waals surface area contributed by atoms with Gasteiger partial charge in [-0.25, -0.2) is 4.79 Å². The predicted molar refractivity (Wildman–Crippen MR) is 97.6 cm³/mol. The first-order chi connectivity index (χ1) is 14.2. The lowest BCUT2D eigenvalue weighted by molar-refractivity contribution is -0.138. The van der Waals surface area contributed by atoms with Crippen LogP contribution >= 0.6 is 0 Å². The second-order valence-corrected chi connectivity index (χ2v) is 7.31. The van der Waals surface area contributed by atoms with Crippen molar-refractivity contribution in [1.82, 2.24) is 20.7 Å². The molecule has 30 heavy (non-hydrogen) atoms. The highest BCUT2D eigenvalue weighted by Crippen LogP contribution is 2.36. The Hall–Kier alpha value is -3.05. The number of H-pyrrole nitrogens is 1. The molecule has 0 aliphatic heterocycles. The predicted octanol–water partition coefficient (Wildman–Crippen LogP) is 3.28. The summed E-state index contributed by atoms with van der Waals surface area (Å²) in [7, 11) is 0. The molecule has 3 N–H and O–H groups in total. The molecule has 0 aromatic carbocycles. The van der Waals surface area contributed by atoms with Crippen LogP contribution in [0.25, 0.3) is 0 Å². The number of nitrogens with zero attached hydrogens (tertiary/aromatic N) is 2. The quantitative estimate of drug-likeness (QED) is 0.621. The average Bonchev–Trinajstić information content (AvgIpc) is 3.34. The van der Waals surface area contributed by atoms with Crippen LogP contribution in [-0.2, 0) is 16.0 Å². The number of amides is 2. The molecule has 0 bridgehead atoms. The number of carbonyl (C=O) groups is 2. The van der Waals surface area contributed by atoms with Gasteiger partial charge in [0.25, 0.3) is 0 Å². The van der Waals surface area contributed by atoms with Crippen molar-refractivity contribution < 1.29 is 32.0 Å². The van der Waals surface area contributed by atoms with Gasteiger partial charge in [-0.3, -0.25) is 9.89 Å². The van der Waals surface area contributed by atoms with E-state index in [2.05, 4.69) is 26.0 Å². The van der Waals surface area contributed by atoms with Crippen LogP contribution in [0, 0.1) is 0 Å². The normalized spacial score (nSPS) is 20.0. The summed E-state index contributed by atoms with van der Waals surface area (Å²) in [4.78, 5) is 23.8. The van der Waals surface area contributed by atoms with Crippen LogP contribution in [0.2, 0.25) is 0 Å². The molecule has 164 valence electrons. The molecule has 0 spiro atoms. The summed E-state index contributed by atoms with van der Waals surface area (Å²) in [6, 6.07) is 2.23. The zero-order valence-corrected chi connectivity index (χ0v) is 16.2. The van der Waals surface area contributed by atoms with Gasteiger partial charge in [-0.2, -0.15) is 18.3 Å². The Bertz CT molecular complexity index is 852. The van der Waals surface area contributed by atoms with Gasteiger partial charge in [-0.15, -0.1) is 0 Å². The van der Waals surface area contributed by atoms with E-state index < -0.39 is 30.8 Å². The third-order valence-electron chi connectivity index (χ3n) is 4.69. The number of aromatic nitrogens is 3. The van der Waals surface area contributed by atoms with E-state index in [0.717, 1.165) is 5.69 Å². The number of alkyl carbamates (subject to hydrolysis) is 1. The molecule has 2 aromatic heterocycles. The molecule has 2 heterocycles. The van der Waals surface area contributed by atoms with E-state index in [1.54, 1.807) is 12.1 Å². The van der Waals surface area contributed by atoms with Crippen molar-refractivity contribution in [2.75, 3.05) is 5.32 Å². The first-order valence-corrected chi connectivity index (χ1v) is 9.46. The smallest absolute Gasteiger partial charge is 0.407 e. The van der Waals surface area contributed by atoms with Crippen molar-refractivity contribution in [2.45, 2.75) is 63.3 Å². The number of hydrogen-bond acceptors (Lipinski definition) is 6. The molecular formula is C18H22F3N5O4. The maximum atomic E-state index is 12.3. The Morgan fingerprint density at radius 2 is 2.20 bits per heavy atom. The fourth-order valence-electron chi connectivity index (χ4n) is 3.40. The molecule has 2 aromatic rings. The maximum absolute atomic E-state index is 12.3. The fraction of sp³-hybridized carbons (Fsp3) is 0.556. The van der Waals surface area contributed by atoms with Gasteiger partial charge in [0, 0.05) is 29.8 Å². The van der Waals surface area contributed by atoms with Gasteiger partial charge in [0.15, 0.2) is 5.82 Å². The number of carbonyl (C=O) groups excluding carboxylic acids is 2. The number of alkyl halides is 3. The Labute approximate surface area is 169 Å². The number of hydrogen-bond donors (Lipinski definition) is 3. The third kappa shape index (κ3) is 6.49. The van der Waals surface area contributed by atoms with Crippen LogP contribution in [0.5, 0.6) is 0 Å². The van der Waals surface area contributed by atoms with Crippen molar-refractivity contribution in [3.8, 4) is 0 Å². The van der Waals surface area contributed by atoms with Crippen molar-refractivity contribution in [1.29, 1.82) is 0 Å². The van der Waals surface area contributed by atoms with Gasteiger partial charge >= 0.3 is 12.3 Å². The lowest BCUT2D eigenvalue weighted by Crippen LogP contribution is -2.37. The molecule has 1 aliphatic rings. The first-order valence-electron chi connectivity index (χ1n) is 9.46. The van der Waals surface area contributed by atoms with Crippen LogP contribution in [0.15, 0.2) is 22.9 Å². The second-order valence-electron chi connectivity index (χ2n) is 7.31. The fourth-order valence-corrected chi connectivity index (χ4v) is 3.40. The van der Waals surface area contributed by atoms with Crippen molar-refractivity contribution in [2.24, 2.45) is 0 Å². The zero-order valence-electron chi connectivity index (χ0n) is 16.2. The highest BCUT2D eigenvalue weighted by Gasteiger charge is 2.33. The molecule has 1 unspecified atom stereocenters. The molecule has 1 saturated carbocycles. The number of rotatable bonds is 7. The minimum absolute atomic E-state index is 0.0304. The largest absolute Gasteiger partial charge is 0.446 e. The Balaban J connectivity index is 1.44. The standard InChI is InChI=1S/C18H22F3N5O4/c1-10(9-18(19,20)21)23-17(28)29-12-3-2-11(6-12)14-8-15(26-25-14)24-16(27)7-13-4-5-22-30-13/h4-5,8,10-12H,2-3,6-7,9H2,1H3,(H,23,28)(H2,24,25,26,27)/t10?,11-,12+/m0/s1. The van der Waals surface area contributed by atoms with Crippen LogP contribution in [0.4, 0.5) is 23.8 Å².